The fourth-order valence-corrected chi connectivity index (χ4v) is 6.71. The van der Waals surface area contributed by atoms with Crippen LogP contribution in [0.1, 0.15) is 121 Å². The molecule has 0 spiro atoms. The Labute approximate surface area is 297 Å². The molecule has 5 heteroatoms. The van der Waals surface area contributed by atoms with Gasteiger partial charge in [-0.25, -0.2) is 4.79 Å². The van der Waals surface area contributed by atoms with Gasteiger partial charge in [0.25, 0.3) is 0 Å². The molecule has 0 aromatic carbocycles. The molecular formula is C44H62O5. The molecule has 1 unspecified atom stereocenters. The van der Waals surface area contributed by atoms with Gasteiger partial charge in [-0.1, -0.05) is 134 Å². The summed E-state index contributed by atoms with van der Waals surface area (Å²) >= 11 is 0. The number of aliphatic carboxylic acids is 2. The molecule has 2 aliphatic carbocycles. The monoisotopic (exact) mass is 670 g/mol. The predicted octanol–water partition coefficient (Wildman–Crippen LogP) is 11.8. The number of ether oxygens (including phenoxy) is 1. The summed E-state index contributed by atoms with van der Waals surface area (Å²) in [5.41, 5.74) is 8.22. The molecule has 0 amide bonds. The highest BCUT2D eigenvalue weighted by atomic mass is 16.5. The maximum absolute atomic E-state index is 12.4. The maximum Gasteiger partial charge on any atom is 0.336 e. The van der Waals surface area contributed by atoms with Crippen molar-refractivity contribution in [3.8, 4) is 0 Å². The first kappa shape index (κ1) is 41.5. The second kappa shape index (κ2) is 18.9. The SMILES string of the molecule is CC(C=CC1=C(C)CCCC1(C)C)=CC=CC(C)=CCOC(CC=C(C)C=CC=C(C)C=CC1=C(C)CCCC1(C)C)(CC(=O)O)C(=O)O. The fraction of sp³-hybridized carbons (Fsp3) is 0.500. The highest BCUT2D eigenvalue weighted by Gasteiger charge is 2.41. The molecule has 0 fully saturated rings. The molecule has 1 atom stereocenters. The summed E-state index contributed by atoms with van der Waals surface area (Å²) in [6.07, 6.45) is 30.5. The van der Waals surface area contributed by atoms with Crippen molar-refractivity contribution in [1.29, 1.82) is 0 Å². The second-order valence-corrected chi connectivity index (χ2v) is 15.4. The molecule has 0 radical (unpaired) electrons. The molecule has 0 saturated heterocycles. The summed E-state index contributed by atoms with van der Waals surface area (Å²) in [6.45, 7) is 21.6. The Morgan fingerprint density at radius 2 is 1.16 bits per heavy atom. The van der Waals surface area contributed by atoms with Gasteiger partial charge in [-0.05, 0) is 102 Å². The van der Waals surface area contributed by atoms with Crippen molar-refractivity contribution in [1.82, 2.24) is 0 Å². The molecule has 49 heavy (non-hydrogen) atoms. The average molecular weight is 671 g/mol. The van der Waals surface area contributed by atoms with Gasteiger partial charge >= 0.3 is 11.9 Å². The van der Waals surface area contributed by atoms with Crippen molar-refractivity contribution < 1.29 is 24.5 Å². The molecule has 5 nitrogen and oxygen atoms in total. The minimum Gasteiger partial charge on any atom is -0.481 e. The molecule has 2 N–H and O–H groups in total. The number of hydrogen-bond donors (Lipinski definition) is 2. The van der Waals surface area contributed by atoms with Crippen LogP contribution in [0.3, 0.4) is 0 Å². The van der Waals surface area contributed by atoms with Gasteiger partial charge in [-0.2, -0.15) is 0 Å². The molecular weight excluding hydrogens is 608 g/mol. The van der Waals surface area contributed by atoms with Gasteiger partial charge in [0.1, 0.15) is 0 Å². The minimum absolute atomic E-state index is 0.0232. The summed E-state index contributed by atoms with van der Waals surface area (Å²) in [5, 5.41) is 19.7. The van der Waals surface area contributed by atoms with E-state index in [-0.39, 0.29) is 23.9 Å². The Morgan fingerprint density at radius 3 is 1.57 bits per heavy atom. The summed E-state index contributed by atoms with van der Waals surface area (Å²) in [6, 6.07) is 0. The van der Waals surface area contributed by atoms with Gasteiger partial charge in [-0.3, -0.25) is 4.79 Å². The third-order valence-electron chi connectivity index (χ3n) is 9.89. The number of carboxylic acids is 2. The van der Waals surface area contributed by atoms with Crippen LogP contribution in [0, 0.1) is 10.8 Å². The lowest BCUT2D eigenvalue weighted by Gasteiger charge is -2.33. The van der Waals surface area contributed by atoms with E-state index in [1.165, 1.54) is 48.0 Å². The number of hydrogen-bond acceptors (Lipinski definition) is 3. The summed E-state index contributed by atoms with van der Waals surface area (Å²) in [5.74, 6) is -2.52. The molecule has 0 heterocycles. The van der Waals surface area contributed by atoms with Crippen LogP contribution in [0.4, 0.5) is 0 Å². The minimum atomic E-state index is -1.88. The smallest absolute Gasteiger partial charge is 0.336 e. The lowest BCUT2D eigenvalue weighted by atomic mass is 9.72. The highest BCUT2D eigenvalue weighted by molar-refractivity contribution is 5.84. The lowest BCUT2D eigenvalue weighted by molar-refractivity contribution is -0.171. The molecule has 2 rings (SSSR count). The fourth-order valence-electron chi connectivity index (χ4n) is 6.71. The number of carbonyl (C=O) groups is 2. The van der Waals surface area contributed by atoms with E-state index in [9.17, 15) is 19.8 Å². The topological polar surface area (TPSA) is 83.8 Å². The summed E-state index contributed by atoms with van der Waals surface area (Å²) in [4.78, 5) is 24.1. The normalized spacial score (nSPS) is 21.1. The molecule has 0 aromatic rings. The van der Waals surface area contributed by atoms with Crippen LogP contribution in [0.5, 0.6) is 0 Å². The van der Waals surface area contributed by atoms with E-state index in [1.807, 2.05) is 50.3 Å². The van der Waals surface area contributed by atoms with Gasteiger partial charge < -0.3 is 14.9 Å². The zero-order valence-corrected chi connectivity index (χ0v) is 31.9. The van der Waals surface area contributed by atoms with Gasteiger partial charge in [0.05, 0.1) is 13.0 Å². The third-order valence-corrected chi connectivity index (χ3v) is 9.89. The van der Waals surface area contributed by atoms with Gasteiger partial charge in [0, 0.05) is 6.42 Å². The summed E-state index contributed by atoms with van der Waals surface area (Å²) in [7, 11) is 0. The zero-order valence-electron chi connectivity index (χ0n) is 31.9. The average Bonchev–Trinajstić information content (AvgIpc) is 2.98. The molecule has 268 valence electrons. The van der Waals surface area contributed by atoms with Crippen molar-refractivity contribution in [2.45, 2.75) is 126 Å². The first-order valence-corrected chi connectivity index (χ1v) is 17.8. The number of rotatable bonds is 16. The van der Waals surface area contributed by atoms with Crippen molar-refractivity contribution in [3.63, 3.8) is 0 Å². The first-order valence-electron chi connectivity index (χ1n) is 17.8. The molecule has 2 aliphatic rings. The number of carboxylic acid groups (broad SMARTS) is 2. The Balaban J connectivity index is 2.07. The quantitative estimate of drug-likeness (QED) is 0.160. The Morgan fingerprint density at radius 1 is 0.714 bits per heavy atom. The van der Waals surface area contributed by atoms with E-state index in [1.54, 1.807) is 12.2 Å². The Kier molecular flexibility index (Phi) is 16.0. The number of allylic oxidation sites excluding steroid dienone is 18. The van der Waals surface area contributed by atoms with E-state index < -0.39 is 24.0 Å². The van der Waals surface area contributed by atoms with E-state index in [2.05, 4.69) is 79.7 Å². The van der Waals surface area contributed by atoms with Crippen LogP contribution in [0.2, 0.25) is 0 Å². The van der Waals surface area contributed by atoms with Crippen LogP contribution >= 0.6 is 0 Å². The van der Waals surface area contributed by atoms with E-state index in [0.29, 0.717) is 0 Å². The molecule has 0 aliphatic heterocycles. The molecule has 0 saturated carbocycles. The van der Waals surface area contributed by atoms with Gasteiger partial charge in [-0.15, -0.1) is 0 Å². The van der Waals surface area contributed by atoms with E-state index in [4.69, 9.17) is 4.74 Å². The lowest BCUT2D eigenvalue weighted by Crippen LogP contribution is -2.43. The van der Waals surface area contributed by atoms with E-state index in [0.717, 1.165) is 35.1 Å². The Bertz CT molecular complexity index is 1510. The largest absolute Gasteiger partial charge is 0.481 e. The van der Waals surface area contributed by atoms with Crippen LogP contribution < -0.4 is 0 Å². The third kappa shape index (κ3) is 13.6. The van der Waals surface area contributed by atoms with Crippen molar-refractivity contribution in [2.75, 3.05) is 6.61 Å². The molecule has 0 aromatic heterocycles. The van der Waals surface area contributed by atoms with E-state index >= 15 is 0 Å². The van der Waals surface area contributed by atoms with Crippen LogP contribution in [0.25, 0.3) is 0 Å². The molecule has 0 bridgehead atoms. The van der Waals surface area contributed by atoms with Crippen molar-refractivity contribution in [2.24, 2.45) is 10.8 Å². The van der Waals surface area contributed by atoms with Crippen LogP contribution in [-0.2, 0) is 14.3 Å². The van der Waals surface area contributed by atoms with Crippen LogP contribution in [0.15, 0.2) is 117 Å². The Hall–Kier alpha value is -3.70. The zero-order chi connectivity index (χ0) is 36.8. The summed E-state index contributed by atoms with van der Waals surface area (Å²) < 4.78 is 5.83. The van der Waals surface area contributed by atoms with Gasteiger partial charge in [0.15, 0.2) is 5.60 Å². The maximum atomic E-state index is 12.4. The van der Waals surface area contributed by atoms with Crippen molar-refractivity contribution >= 4 is 11.9 Å². The highest BCUT2D eigenvalue weighted by Crippen LogP contribution is 2.41. The standard InChI is InChI=1S/C44H62O5/c1-32(21-23-38-36(5)19-13-27-42(38,7)8)15-11-17-34(3)25-29-44(41(47)48,31-40(45)46)49-30-26-35(4)18-12-16-33(2)22-24-39-37(6)20-14-28-43(39,9)10/h11-12,15-18,21-26H,13-14,19-20,27-31H2,1-10H3,(H,45,46)(H,47,48). The van der Waals surface area contributed by atoms with Crippen molar-refractivity contribution in [3.05, 3.63) is 117 Å². The first-order chi connectivity index (χ1) is 22.9. The van der Waals surface area contributed by atoms with Crippen LogP contribution in [-0.4, -0.2) is 34.4 Å². The van der Waals surface area contributed by atoms with Gasteiger partial charge in [0.2, 0.25) is 0 Å². The predicted molar refractivity (Wildman–Crippen MR) is 205 cm³/mol. The second-order valence-electron chi connectivity index (χ2n) is 15.4.